The second-order valence-electron chi connectivity index (χ2n) is 5.37. The summed E-state index contributed by atoms with van der Waals surface area (Å²) in [5, 5.41) is 0.538. The molecule has 0 atom stereocenters. The van der Waals surface area contributed by atoms with Gasteiger partial charge in [-0.15, -0.1) is 0 Å². The van der Waals surface area contributed by atoms with Crippen LogP contribution in [0.1, 0.15) is 51.3 Å². The minimum absolute atomic E-state index is 0.0460. The Labute approximate surface area is 189 Å². The molecule has 1 amide bonds. The quantitative estimate of drug-likeness (QED) is 0.508. The second-order valence-corrected chi connectivity index (χ2v) is 6.24. The van der Waals surface area contributed by atoms with Crippen LogP contribution in [-0.4, -0.2) is 33.2 Å². The lowest BCUT2D eigenvalue weighted by atomic mass is 10.1. The van der Waals surface area contributed by atoms with Crippen LogP contribution in [-0.2, 0) is 11.2 Å². The zero-order chi connectivity index (χ0) is 31.6. The molecule has 0 radical (unpaired) electrons. The zero-order valence-corrected chi connectivity index (χ0v) is 15.3. The lowest BCUT2D eigenvalue weighted by molar-refractivity contribution is -0.130. The van der Waals surface area contributed by atoms with Crippen molar-refractivity contribution in [1.29, 1.82) is 0 Å². The van der Waals surface area contributed by atoms with Crippen LogP contribution < -0.4 is 0 Å². The van der Waals surface area contributed by atoms with Gasteiger partial charge in [-0.05, 0) is 37.0 Å². The number of rotatable bonds is 7. The smallest absolute Gasteiger partial charge is 0.228 e. The highest BCUT2D eigenvalue weighted by Crippen LogP contribution is 2.27. The van der Waals surface area contributed by atoms with Crippen LogP contribution in [0.2, 0.25) is 10.0 Å². The highest BCUT2D eigenvalue weighted by molar-refractivity contribution is 6.30. The Balaban J connectivity index is 2.30. The first kappa shape index (κ1) is 8.54. The molecule has 0 saturated heterocycles. The van der Waals surface area contributed by atoms with E-state index in [9.17, 15) is 4.79 Å². The molecule has 3 aromatic rings. The van der Waals surface area contributed by atoms with Crippen LogP contribution >= 0.6 is 23.2 Å². The summed E-state index contributed by atoms with van der Waals surface area (Å²) in [5.41, 5.74) is 0.687. The standard InChI is InChI=1S/C21H23Cl2N3O/c1-3-11-25(12-4-2)20(27)13-18-21(15-5-7-16(22)8-6-15)24-19-10-9-17(23)14-26(18)19/h5-10,14H,3-4,11-13H2,1-2H3/i1D3,2D3,3D2,4D2,11D2,12D2. The van der Waals surface area contributed by atoms with Gasteiger partial charge in [-0.3, -0.25) is 4.79 Å². The number of fused-ring (bicyclic) bond motifs is 1. The fraction of sp³-hybridized carbons (Fsp3) is 0.333. The third kappa shape index (κ3) is 4.45. The summed E-state index contributed by atoms with van der Waals surface area (Å²) >= 11 is 12.1. The second kappa shape index (κ2) is 8.77. The Morgan fingerprint density at radius 2 is 1.78 bits per heavy atom. The molecule has 0 aliphatic carbocycles. The third-order valence-electron chi connectivity index (χ3n) is 3.70. The van der Waals surface area contributed by atoms with Crippen molar-refractivity contribution in [2.75, 3.05) is 13.0 Å². The molecule has 1 aromatic carbocycles. The van der Waals surface area contributed by atoms with Crippen LogP contribution in [0.15, 0.2) is 42.6 Å². The minimum Gasteiger partial charge on any atom is -0.342 e. The van der Waals surface area contributed by atoms with E-state index < -0.39 is 56.7 Å². The molecule has 0 fully saturated rings. The molecule has 0 aliphatic heterocycles. The van der Waals surface area contributed by atoms with E-state index in [1.54, 1.807) is 0 Å². The molecule has 27 heavy (non-hydrogen) atoms. The maximum Gasteiger partial charge on any atom is 0.228 e. The van der Waals surface area contributed by atoms with Crippen molar-refractivity contribution in [3.63, 3.8) is 0 Å². The number of carbonyl (C=O) groups is 1. The number of pyridine rings is 1. The number of amides is 1. The van der Waals surface area contributed by atoms with E-state index in [0.717, 1.165) is 0 Å². The predicted molar refractivity (Wildman–Crippen MR) is 112 cm³/mol. The fourth-order valence-corrected chi connectivity index (χ4v) is 2.85. The van der Waals surface area contributed by atoms with E-state index in [4.69, 9.17) is 42.4 Å². The van der Waals surface area contributed by atoms with Crippen LogP contribution in [0.4, 0.5) is 0 Å². The highest BCUT2D eigenvalue weighted by atomic mass is 35.5. The van der Waals surface area contributed by atoms with Gasteiger partial charge in [0.25, 0.3) is 0 Å². The number of imidazole rings is 1. The van der Waals surface area contributed by atoms with Crippen molar-refractivity contribution in [2.24, 2.45) is 0 Å². The molecular weight excluding hydrogens is 381 g/mol. The van der Waals surface area contributed by atoms with Gasteiger partial charge in [-0.25, -0.2) is 4.98 Å². The summed E-state index contributed by atoms with van der Waals surface area (Å²) in [6.45, 7) is -15.8. The van der Waals surface area contributed by atoms with E-state index in [0.29, 0.717) is 10.6 Å². The first-order valence-corrected chi connectivity index (χ1v) is 8.39. The van der Waals surface area contributed by atoms with Crippen molar-refractivity contribution in [3.8, 4) is 11.3 Å². The Morgan fingerprint density at radius 3 is 2.44 bits per heavy atom. The first-order valence-electron chi connectivity index (χ1n) is 14.6. The van der Waals surface area contributed by atoms with Gasteiger partial charge in [-0.1, -0.05) is 49.0 Å². The van der Waals surface area contributed by atoms with E-state index in [1.807, 2.05) is 0 Å². The average molecular weight is 418 g/mol. The molecule has 142 valence electrons. The van der Waals surface area contributed by atoms with Gasteiger partial charge < -0.3 is 9.30 Å². The number of benzene rings is 1. The van der Waals surface area contributed by atoms with Gasteiger partial charge >= 0.3 is 0 Å². The summed E-state index contributed by atoms with van der Waals surface area (Å²) in [5.74, 6) is -1.67. The Bertz CT molecular complexity index is 1410. The largest absolute Gasteiger partial charge is 0.342 e. The minimum atomic E-state index is -4.10. The first-order chi connectivity index (χ1) is 18.4. The van der Waals surface area contributed by atoms with E-state index in [1.165, 1.54) is 47.0 Å². The van der Waals surface area contributed by atoms with Crippen molar-refractivity contribution in [3.05, 3.63) is 58.3 Å². The topological polar surface area (TPSA) is 37.6 Å². The van der Waals surface area contributed by atoms with E-state index in [-0.39, 0.29) is 22.1 Å². The van der Waals surface area contributed by atoms with Crippen molar-refractivity contribution in [1.82, 2.24) is 14.3 Å². The summed E-state index contributed by atoms with van der Waals surface area (Å²) in [6.07, 6.45) is -7.65. The van der Waals surface area contributed by atoms with Crippen molar-refractivity contribution < 1.29 is 24.0 Å². The van der Waals surface area contributed by atoms with E-state index in [2.05, 4.69) is 4.98 Å². The Kier molecular flexibility index (Phi) is 2.77. The summed E-state index contributed by atoms with van der Waals surface area (Å²) in [6, 6.07) is 9.07. The molecule has 0 spiro atoms. The van der Waals surface area contributed by atoms with Gasteiger partial charge in [-0.2, -0.15) is 0 Å². The van der Waals surface area contributed by atoms with Gasteiger partial charge in [0.05, 0.1) is 22.8 Å². The summed E-state index contributed by atoms with van der Waals surface area (Å²) in [4.78, 5) is 17.7. The van der Waals surface area contributed by atoms with E-state index >= 15 is 0 Å². The molecule has 0 aliphatic rings. The number of nitrogens with zero attached hydrogens (tertiary/aromatic N) is 3. The average Bonchev–Trinajstić information content (AvgIpc) is 3.14. The van der Waals surface area contributed by atoms with Crippen LogP contribution in [0.3, 0.4) is 0 Å². The van der Waals surface area contributed by atoms with Crippen LogP contribution in [0.5, 0.6) is 0 Å². The fourth-order valence-electron chi connectivity index (χ4n) is 2.56. The molecular formula is C21H23Cl2N3O. The zero-order valence-electron chi connectivity index (χ0n) is 27.8. The third-order valence-corrected chi connectivity index (χ3v) is 4.18. The molecule has 4 nitrogen and oxygen atoms in total. The molecule has 0 saturated carbocycles. The maximum atomic E-state index is 13.9. The van der Waals surface area contributed by atoms with Crippen LogP contribution in [0.25, 0.3) is 16.9 Å². The monoisotopic (exact) mass is 417 g/mol. The predicted octanol–water partition coefficient (Wildman–Crippen LogP) is 5.50. The molecule has 0 bridgehead atoms. The number of hydrogen-bond donors (Lipinski definition) is 0. The number of carbonyl (C=O) groups excluding carboxylic acids is 1. The normalized spacial score (nSPS) is 21.9. The lowest BCUT2D eigenvalue weighted by Crippen LogP contribution is -2.34. The van der Waals surface area contributed by atoms with Gasteiger partial charge in [0.2, 0.25) is 5.91 Å². The van der Waals surface area contributed by atoms with Crippen LogP contribution in [0, 0.1) is 0 Å². The number of aromatic nitrogens is 2. The van der Waals surface area contributed by atoms with Gasteiger partial charge in [0.15, 0.2) is 0 Å². The van der Waals surface area contributed by atoms with Crippen molar-refractivity contribution >= 4 is 34.8 Å². The van der Waals surface area contributed by atoms with Gasteiger partial charge in [0.1, 0.15) is 5.65 Å². The van der Waals surface area contributed by atoms with Crippen molar-refractivity contribution in [2.45, 2.75) is 32.9 Å². The molecule has 0 N–H and O–H groups in total. The molecule has 2 aromatic heterocycles. The molecule has 3 rings (SSSR count). The highest BCUT2D eigenvalue weighted by Gasteiger charge is 2.20. The summed E-state index contributed by atoms with van der Waals surface area (Å²) < 4.78 is 112. The Morgan fingerprint density at radius 1 is 1.11 bits per heavy atom. The Hall–Kier alpha value is -2.04. The maximum absolute atomic E-state index is 13.9. The number of hydrogen-bond acceptors (Lipinski definition) is 2. The molecule has 0 unspecified atom stereocenters. The number of halogens is 2. The summed E-state index contributed by atoms with van der Waals surface area (Å²) in [7, 11) is 0. The molecule has 6 heteroatoms. The SMILES string of the molecule is [2H]C([2H])([2H])C([2H])([2H])C([2H])([2H])N(C(=O)Cc1c(-c2ccc(Cl)cc2)nc2ccc(Cl)cn12)C([2H])([2H])C([2H])([2H])C([2H])([2H])[2H]. The lowest BCUT2D eigenvalue weighted by Gasteiger charge is -2.21. The van der Waals surface area contributed by atoms with Gasteiger partial charge in [0, 0.05) is 49.0 Å². The molecule has 2 heterocycles.